The van der Waals surface area contributed by atoms with Crippen molar-refractivity contribution in [1.82, 2.24) is 9.88 Å². The molecule has 21 heavy (non-hydrogen) atoms. The van der Waals surface area contributed by atoms with Crippen molar-refractivity contribution in [2.45, 2.75) is 19.3 Å². The van der Waals surface area contributed by atoms with E-state index in [9.17, 15) is 9.90 Å². The highest BCUT2D eigenvalue weighted by molar-refractivity contribution is 5.95. The van der Waals surface area contributed by atoms with Crippen molar-refractivity contribution in [2.24, 2.45) is 0 Å². The fraction of sp³-hybridized carbons (Fsp3) is 0.294. The van der Waals surface area contributed by atoms with Crippen LogP contribution in [0.4, 0.5) is 0 Å². The molecule has 1 atom stereocenters. The van der Waals surface area contributed by atoms with E-state index in [4.69, 9.17) is 0 Å². The summed E-state index contributed by atoms with van der Waals surface area (Å²) in [5.41, 5.74) is 2.64. The standard InChI is InChI=1S/C17H18N2O2/c1-12-4-6-13(7-5-12)14-8-10-19(11-14)17(21)16-15(20)3-2-9-18-16/h2-7,9,14,20H,8,10-11H2,1H3. The maximum atomic E-state index is 12.4. The van der Waals surface area contributed by atoms with Crippen LogP contribution in [-0.2, 0) is 0 Å². The maximum Gasteiger partial charge on any atom is 0.276 e. The maximum absolute atomic E-state index is 12.4. The summed E-state index contributed by atoms with van der Waals surface area (Å²) in [4.78, 5) is 18.2. The Bertz CT molecular complexity index is 652. The number of aromatic nitrogens is 1. The summed E-state index contributed by atoms with van der Waals surface area (Å²) in [6.45, 7) is 3.45. The summed E-state index contributed by atoms with van der Waals surface area (Å²) in [6, 6.07) is 11.6. The molecule has 1 unspecified atom stereocenters. The Balaban J connectivity index is 1.74. The first-order valence-corrected chi connectivity index (χ1v) is 7.15. The number of aromatic hydroxyl groups is 1. The van der Waals surface area contributed by atoms with Crippen LogP contribution in [0, 0.1) is 6.92 Å². The van der Waals surface area contributed by atoms with Gasteiger partial charge in [-0.2, -0.15) is 0 Å². The lowest BCUT2D eigenvalue weighted by molar-refractivity contribution is 0.0781. The zero-order chi connectivity index (χ0) is 14.8. The fourth-order valence-corrected chi connectivity index (χ4v) is 2.77. The number of pyridine rings is 1. The number of carbonyl (C=O) groups excluding carboxylic acids is 1. The molecule has 1 aliphatic rings. The van der Waals surface area contributed by atoms with E-state index in [0.717, 1.165) is 6.42 Å². The van der Waals surface area contributed by atoms with Gasteiger partial charge in [0.15, 0.2) is 5.69 Å². The van der Waals surface area contributed by atoms with E-state index >= 15 is 0 Å². The number of hydrogen-bond donors (Lipinski definition) is 1. The topological polar surface area (TPSA) is 53.4 Å². The summed E-state index contributed by atoms with van der Waals surface area (Å²) in [5, 5.41) is 9.74. The van der Waals surface area contributed by atoms with Gasteiger partial charge in [0.1, 0.15) is 5.75 Å². The smallest absolute Gasteiger partial charge is 0.276 e. The highest BCUT2D eigenvalue weighted by Gasteiger charge is 2.29. The van der Waals surface area contributed by atoms with Crippen molar-refractivity contribution in [3.05, 3.63) is 59.4 Å². The van der Waals surface area contributed by atoms with Crippen LogP contribution in [0.25, 0.3) is 0 Å². The van der Waals surface area contributed by atoms with Crippen LogP contribution >= 0.6 is 0 Å². The Morgan fingerprint density at radius 3 is 2.76 bits per heavy atom. The molecule has 4 nitrogen and oxygen atoms in total. The minimum atomic E-state index is -0.192. The van der Waals surface area contributed by atoms with E-state index in [0.29, 0.717) is 19.0 Å². The molecule has 2 heterocycles. The zero-order valence-electron chi connectivity index (χ0n) is 12.0. The summed E-state index contributed by atoms with van der Waals surface area (Å²) in [7, 11) is 0. The van der Waals surface area contributed by atoms with E-state index in [2.05, 4.69) is 36.2 Å². The van der Waals surface area contributed by atoms with Crippen LogP contribution in [0.3, 0.4) is 0 Å². The Kier molecular flexibility index (Phi) is 3.60. The molecule has 4 heteroatoms. The predicted molar refractivity (Wildman–Crippen MR) is 80.3 cm³/mol. The van der Waals surface area contributed by atoms with Crippen LogP contribution in [0.15, 0.2) is 42.6 Å². The van der Waals surface area contributed by atoms with Gasteiger partial charge in [-0.15, -0.1) is 0 Å². The van der Waals surface area contributed by atoms with Crippen molar-refractivity contribution in [1.29, 1.82) is 0 Å². The van der Waals surface area contributed by atoms with Crippen LogP contribution < -0.4 is 0 Å². The number of amides is 1. The highest BCUT2D eigenvalue weighted by atomic mass is 16.3. The average Bonchev–Trinajstić information content (AvgIpc) is 2.98. The van der Waals surface area contributed by atoms with Crippen LogP contribution in [0.2, 0.25) is 0 Å². The van der Waals surface area contributed by atoms with Gasteiger partial charge in [-0.3, -0.25) is 4.79 Å². The second-order valence-electron chi connectivity index (χ2n) is 5.52. The van der Waals surface area contributed by atoms with Crippen molar-refractivity contribution in [3.8, 4) is 5.75 Å². The molecular formula is C17H18N2O2. The second kappa shape index (κ2) is 5.56. The van der Waals surface area contributed by atoms with Crippen LogP contribution in [0.1, 0.15) is 34.0 Å². The quantitative estimate of drug-likeness (QED) is 0.921. The fourth-order valence-electron chi connectivity index (χ4n) is 2.77. The summed E-state index contributed by atoms with van der Waals surface area (Å²) < 4.78 is 0. The number of carbonyl (C=O) groups is 1. The number of hydrogen-bond acceptors (Lipinski definition) is 3. The normalized spacial score (nSPS) is 18.0. The van der Waals surface area contributed by atoms with Gasteiger partial charge in [-0.1, -0.05) is 29.8 Å². The van der Waals surface area contributed by atoms with Gasteiger partial charge >= 0.3 is 0 Å². The lowest BCUT2D eigenvalue weighted by Crippen LogP contribution is -2.29. The molecule has 0 bridgehead atoms. The Morgan fingerprint density at radius 2 is 2.05 bits per heavy atom. The third-order valence-corrected chi connectivity index (χ3v) is 4.01. The molecule has 108 valence electrons. The van der Waals surface area contributed by atoms with Gasteiger partial charge in [-0.05, 0) is 31.0 Å². The molecule has 1 aromatic carbocycles. The molecule has 0 aliphatic carbocycles. The molecule has 1 fully saturated rings. The van der Waals surface area contributed by atoms with Gasteiger partial charge in [0, 0.05) is 25.2 Å². The van der Waals surface area contributed by atoms with E-state index in [1.54, 1.807) is 11.0 Å². The second-order valence-corrected chi connectivity index (χ2v) is 5.52. The average molecular weight is 282 g/mol. The first-order chi connectivity index (χ1) is 10.1. The molecule has 3 rings (SSSR count). The highest BCUT2D eigenvalue weighted by Crippen LogP contribution is 2.29. The Morgan fingerprint density at radius 1 is 1.29 bits per heavy atom. The van der Waals surface area contributed by atoms with Crippen molar-refractivity contribution >= 4 is 5.91 Å². The van der Waals surface area contributed by atoms with Gasteiger partial charge in [0.25, 0.3) is 5.91 Å². The van der Waals surface area contributed by atoms with Crippen molar-refractivity contribution in [2.75, 3.05) is 13.1 Å². The Labute approximate surface area is 124 Å². The van der Waals surface area contributed by atoms with E-state index < -0.39 is 0 Å². The predicted octanol–water partition coefficient (Wildman–Crippen LogP) is 2.73. The first-order valence-electron chi connectivity index (χ1n) is 7.15. The summed E-state index contributed by atoms with van der Waals surface area (Å²) in [5.74, 6) is 0.115. The van der Waals surface area contributed by atoms with E-state index in [-0.39, 0.29) is 17.4 Å². The van der Waals surface area contributed by atoms with Gasteiger partial charge in [0.05, 0.1) is 0 Å². The molecule has 1 saturated heterocycles. The van der Waals surface area contributed by atoms with E-state index in [1.807, 2.05) is 0 Å². The van der Waals surface area contributed by atoms with Gasteiger partial charge < -0.3 is 10.0 Å². The molecule has 0 saturated carbocycles. The lowest BCUT2D eigenvalue weighted by atomic mass is 9.98. The largest absolute Gasteiger partial charge is 0.505 e. The Hall–Kier alpha value is -2.36. The van der Waals surface area contributed by atoms with Gasteiger partial charge in [-0.25, -0.2) is 4.98 Å². The molecule has 1 aromatic heterocycles. The molecule has 1 aliphatic heterocycles. The number of likely N-dealkylation sites (tertiary alicyclic amines) is 1. The number of rotatable bonds is 2. The third-order valence-electron chi connectivity index (χ3n) is 4.01. The molecule has 2 aromatic rings. The molecule has 0 radical (unpaired) electrons. The number of benzene rings is 1. The minimum absolute atomic E-state index is 0.0544. The van der Waals surface area contributed by atoms with Crippen molar-refractivity contribution in [3.63, 3.8) is 0 Å². The number of aryl methyl sites for hydroxylation is 1. The summed E-state index contributed by atoms with van der Waals surface area (Å²) in [6.07, 6.45) is 2.48. The zero-order valence-corrected chi connectivity index (χ0v) is 12.0. The molecule has 1 N–H and O–H groups in total. The molecule has 0 spiro atoms. The summed E-state index contributed by atoms with van der Waals surface area (Å²) >= 11 is 0. The van der Waals surface area contributed by atoms with Crippen LogP contribution in [-0.4, -0.2) is 34.0 Å². The molecule has 1 amide bonds. The number of nitrogens with zero attached hydrogens (tertiary/aromatic N) is 2. The SMILES string of the molecule is Cc1ccc(C2CCN(C(=O)c3ncccc3O)C2)cc1. The third kappa shape index (κ3) is 2.75. The first kappa shape index (κ1) is 13.6. The lowest BCUT2D eigenvalue weighted by Gasteiger charge is -2.16. The monoisotopic (exact) mass is 282 g/mol. The van der Waals surface area contributed by atoms with Crippen molar-refractivity contribution < 1.29 is 9.90 Å². The minimum Gasteiger partial charge on any atom is -0.505 e. The van der Waals surface area contributed by atoms with Crippen LogP contribution in [0.5, 0.6) is 5.75 Å². The molecular weight excluding hydrogens is 264 g/mol. The van der Waals surface area contributed by atoms with Gasteiger partial charge in [0.2, 0.25) is 0 Å². The van der Waals surface area contributed by atoms with E-state index in [1.165, 1.54) is 23.4 Å².